The Labute approximate surface area is 112 Å². The van der Waals surface area contributed by atoms with Crippen molar-refractivity contribution in [3.63, 3.8) is 0 Å². The molecule has 2 rings (SSSR count). The van der Waals surface area contributed by atoms with Gasteiger partial charge in [-0.2, -0.15) is 4.31 Å². The highest BCUT2D eigenvalue weighted by Crippen LogP contribution is 2.19. The van der Waals surface area contributed by atoms with Crippen LogP contribution in [-0.4, -0.2) is 49.8 Å². The minimum Gasteiger partial charge on any atom is -0.379 e. The maximum Gasteiger partial charge on any atom is 0.244 e. The highest BCUT2D eigenvalue weighted by Gasteiger charge is 2.26. The molecule has 0 N–H and O–H groups in total. The van der Waals surface area contributed by atoms with Gasteiger partial charge in [0.25, 0.3) is 0 Å². The molecule has 0 amide bonds. The van der Waals surface area contributed by atoms with E-state index in [0.29, 0.717) is 26.3 Å². The third kappa shape index (κ3) is 3.03. The highest BCUT2D eigenvalue weighted by molar-refractivity contribution is 7.99. The Hall–Kier alpha value is -0.630. The molecule has 1 saturated heterocycles. The van der Waals surface area contributed by atoms with Crippen molar-refractivity contribution in [1.29, 1.82) is 0 Å². The number of aromatic nitrogens is 1. The predicted molar refractivity (Wildman–Crippen MR) is 70.2 cm³/mol. The largest absolute Gasteiger partial charge is 0.379 e. The SMILES string of the molecule is CCSc1ccc(S(=O)(=O)N2CCOCC2)cn1. The Balaban J connectivity index is 2.18. The summed E-state index contributed by atoms with van der Waals surface area (Å²) < 4.78 is 31.2. The first-order valence-corrected chi connectivity index (χ1v) is 8.24. The monoisotopic (exact) mass is 288 g/mol. The van der Waals surface area contributed by atoms with Crippen LogP contribution in [0.15, 0.2) is 28.3 Å². The van der Waals surface area contributed by atoms with Gasteiger partial charge < -0.3 is 4.74 Å². The number of ether oxygens (including phenoxy) is 1. The van der Waals surface area contributed by atoms with E-state index in [-0.39, 0.29) is 4.90 Å². The lowest BCUT2D eigenvalue weighted by Gasteiger charge is -2.25. The Morgan fingerprint density at radius 1 is 1.39 bits per heavy atom. The second-order valence-corrected chi connectivity index (χ2v) is 7.00. The number of pyridine rings is 1. The second kappa shape index (κ2) is 6.01. The van der Waals surface area contributed by atoms with Gasteiger partial charge in [-0.3, -0.25) is 0 Å². The van der Waals surface area contributed by atoms with Crippen LogP contribution in [-0.2, 0) is 14.8 Å². The average molecular weight is 288 g/mol. The van der Waals surface area contributed by atoms with E-state index >= 15 is 0 Å². The first-order chi connectivity index (χ1) is 8.64. The van der Waals surface area contributed by atoms with Gasteiger partial charge >= 0.3 is 0 Å². The maximum absolute atomic E-state index is 12.3. The molecule has 0 radical (unpaired) electrons. The van der Waals surface area contributed by atoms with Gasteiger partial charge in [-0.05, 0) is 17.9 Å². The zero-order valence-corrected chi connectivity index (χ0v) is 11.8. The summed E-state index contributed by atoms with van der Waals surface area (Å²) in [4.78, 5) is 4.41. The van der Waals surface area contributed by atoms with Crippen molar-refractivity contribution in [2.75, 3.05) is 32.1 Å². The fourth-order valence-electron chi connectivity index (χ4n) is 1.69. The third-order valence-electron chi connectivity index (χ3n) is 2.61. The first-order valence-electron chi connectivity index (χ1n) is 5.81. The second-order valence-electron chi connectivity index (χ2n) is 3.78. The molecule has 1 aromatic rings. The van der Waals surface area contributed by atoms with Crippen LogP contribution in [0.1, 0.15) is 6.92 Å². The molecule has 0 spiro atoms. The molecule has 0 unspecified atom stereocenters. The lowest BCUT2D eigenvalue weighted by Crippen LogP contribution is -2.40. The van der Waals surface area contributed by atoms with Crippen LogP contribution in [0.5, 0.6) is 0 Å². The van der Waals surface area contributed by atoms with Crippen LogP contribution in [0.2, 0.25) is 0 Å². The summed E-state index contributed by atoms with van der Waals surface area (Å²) in [7, 11) is -3.41. The van der Waals surface area contributed by atoms with Gasteiger partial charge in [0.15, 0.2) is 0 Å². The number of nitrogens with zero attached hydrogens (tertiary/aromatic N) is 2. The van der Waals surface area contributed by atoms with Crippen LogP contribution in [0, 0.1) is 0 Å². The number of hydrogen-bond donors (Lipinski definition) is 0. The Morgan fingerprint density at radius 2 is 2.11 bits per heavy atom. The lowest BCUT2D eigenvalue weighted by molar-refractivity contribution is 0.0730. The molecule has 0 saturated carbocycles. The fourth-order valence-corrected chi connectivity index (χ4v) is 3.63. The molecule has 7 heteroatoms. The van der Waals surface area contributed by atoms with Crippen LogP contribution in [0.4, 0.5) is 0 Å². The molecular weight excluding hydrogens is 272 g/mol. The Kier molecular flexibility index (Phi) is 4.60. The fraction of sp³-hybridized carbons (Fsp3) is 0.545. The third-order valence-corrected chi connectivity index (χ3v) is 5.32. The van der Waals surface area contributed by atoms with E-state index in [1.165, 1.54) is 10.5 Å². The van der Waals surface area contributed by atoms with E-state index in [2.05, 4.69) is 4.98 Å². The molecule has 100 valence electrons. The van der Waals surface area contributed by atoms with Gasteiger partial charge in [0.1, 0.15) is 4.90 Å². The molecular formula is C11H16N2O3S2. The summed E-state index contributed by atoms with van der Waals surface area (Å²) in [5.41, 5.74) is 0. The number of hydrogen-bond acceptors (Lipinski definition) is 5. The Bertz CT molecular complexity index is 482. The lowest BCUT2D eigenvalue weighted by atomic mass is 10.5. The number of rotatable bonds is 4. The van der Waals surface area contributed by atoms with Crippen LogP contribution in [0.25, 0.3) is 0 Å². The zero-order valence-electron chi connectivity index (χ0n) is 10.2. The molecule has 1 aliphatic heterocycles. The minimum absolute atomic E-state index is 0.254. The van der Waals surface area contributed by atoms with Gasteiger partial charge in [-0.1, -0.05) is 6.92 Å². The molecule has 1 aliphatic rings. The van der Waals surface area contributed by atoms with Crippen molar-refractivity contribution >= 4 is 21.8 Å². The Morgan fingerprint density at radius 3 is 2.67 bits per heavy atom. The van der Waals surface area contributed by atoms with Crippen molar-refractivity contribution in [1.82, 2.24) is 9.29 Å². The number of sulfonamides is 1. The molecule has 1 aromatic heterocycles. The predicted octanol–water partition coefficient (Wildman–Crippen LogP) is 1.21. The molecule has 0 atom stereocenters. The normalized spacial score (nSPS) is 17.8. The maximum atomic E-state index is 12.3. The summed E-state index contributed by atoms with van der Waals surface area (Å²) in [6.07, 6.45) is 1.43. The standard InChI is InChI=1S/C11H16N2O3S2/c1-2-17-11-4-3-10(9-12-11)18(14,15)13-5-7-16-8-6-13/h3-4,9H,2,5-8H2,1H3. The van der Waals surface area contributed by atoms with E-state index < -0.39 is 10.0 Å². The molecule has 2 heterocycles. The molecule has 0 aromatic carbocycles. The summed E-state index contributed by atoms with van der Waals surface area (Å²) in [6.45, 7) is 3.76. The van der Waals surface area contributed by atoms with Crippen LogP contribution in [0.3, 0.4) is 0 Å². The van der Waals surface area contributed by atoms with Gasteiger partial charge in [0.2, 0.25) is 10.0 Å². The highest BCUT2D eigenvalue weighted by atomic mass is 32.2. The minimum atomic E-state index is -3.41. The van der Waals surface area contributed by atoms with E-state index in [1.807, 2.05) is 6.92 Å². The summed E-state index contributed by atoms with van der Waals surface area (Å²) in [5, 5.41) is 0.846. The summed E-state index contributed by atoms with van der Waals surface area (Å²) in [5.74, 6) is 0.919. The van der Waals surface area contributed by atoms with Gasteiger partial charge in [0.05, 0.1) is 18.2 Å². The zero-order chi connectivity index (χ0) is 13.0. The molecule has 5 nitrogen and oxygen atoms in total. The van der Waals surface area contributed by atoms with Crippen molar-refractivity contribution in [2.24, 2.45) is 0 Å². The summed E-state index contributed by atoms with van der Waals surface area (Å²) >= 11 is 1.59. The van der Waals surface area contributed by atoms with Crippen molar-refractivity contribution < 1.29 is 13.2 Å². The number of thioether (sulfide) groups is 1. The van der Waals surface area contributed by atoms with Crippen molar-refractivity contribution in [3.8, 4) is 0 Å². The van der Waals surface area contributed by atoms with E-state index in [1.54, 1.807) is 23.9 Å². The van der Waals surface area contributed by atoms with Gasteiger partial charge in [-0.15, -0.1) is 11.8 Å². The van der Waals surface area contributed by atoms with E-state index in [0.717, 1.165) is 10.8 Å². The van der Waals surface area contributed by atoms with Gasteiger partial charge in [0, 0.05) is 19.3 Å². The molecule has 0 bridgehead atoms. The van der Waals surface area contributed by atoms with Crippen molar-refractivity contribution in [3.05, 3.63) is 18.3 Å². The molecule has 18 heavy (non-hydrogen) atoms. The van der Waals surface area contributed by atoms with E-state index in [9.17, 15) is 8.42 Å². The van der Waals surface area contributed by atoms with Gasteiger partial charge in [-0.25, -0.2) is 13.4 Å². The smallest absolute Gasteiger partial charge is 0.244 e. The van der Waals surface area contributed by atoms with Crippen molar-refractivity contribution in [2.45, 2.75) is 16.8 Å². The summed E-state index contributed by atoms with van der Waals surface area (Å²) in [6, 6.07) is 3.37. The number of morpholine rings is 1. The molecule has 0 aliphatic carbocycles. The quantitative estimate of drug-likeness (QED) is 0.780. The molecule has 1 fully saturated rings. The van der Waals surface area contributed by atoms with E-state index in [4.69, 9.17) is 4.74 Å². The average Bonchev–Trinajstić information content (AvgIpc) is 2.41. The van der Waals surface area contributed by atoms with Crippen LogP contribution >= 0.6 is 11.8 Å². The van der Waals surface area contributed by atoms with Crippen LogP contribution < -0.4 is 0 Å². The first kappa shape index (κ1) is 13.8. The topological polar surface area (TPSA) is 59.5 Å².